The second-order valence-corrected chi connectivity index (χ2v) is 7.79. The lowest BCUT2D eigenvalue weighted by atomic mass is 10.2. The molecule has 1 fully saturated rings. The predicted octanol–water partition coefficient (Wildman–Crippen LogP) is 4.32. The van der Waals surface area contributed by atoms with E-state index in [0.717, 1.165) is 23.5 Å². The van der Waals surface area contributed by atoms with Crippen LogP contribution in [0, 0.1) is 0 Å². The molecule has 2 aromatic heterocycles. The summed E-state index contributed by atoms with van der Waals surface area (Å²) in [6, 6.07) is 15.2. The fraction of sp³-hybridized carbons (Fsp3) is 0.286. The molecule has 4 rings (SSSR count). The van der Waals surface area contributed by atoms with Crippen molar-refractivity contribution in [3.05, 3.63) is 53.9 Å². The summed E-state index contributed by atoms with van der Waals surface area (Å²) < 4.78 is 5.82. The van der Waals surface area contributed by atoms with Crippen LogP contribution in [-0.2, 0) is 0 Å². The van der Waals surface area contributed by atoms with Gasteiger partial charge < -0.3 is 9.64 Å². The van der Waals surface area contributed by atoms with Gasteiger partial charge in [-0.1, -0.05) is 36.4 Å². The van der Waals surface area contributed by atoms with Crippen molar-refractivity contribution < 1.29 is 9.53 Å². The highest BCUT2D eigenvalue weighted by molar-refractivity contribution is 7.13. The van der Waals surface area contributed by atoms with Gasteiger partial charge in [0.25, 0.3) is 0 Å². The molecule has 1 aromatic carbocycles. The van der Waals surface area contributed by atoms with Crippen LogP contribution in [0.1, 0.15) is 12.8 Å². The number of likely N-dealkylation sites (N-methyl/N-ethyl adjacent to an activating group) is 1. The maximum absolute atomic E-state index is 12.3. The van der Waals surface area contributed by atoms with E-state index in [1.807, 2.05) is 41.8 Å². The SMILES string of the molecule is CN1CCC[C@H]1COc1cccc(NC(=O)Nc2csc(-c3ccccc3)n2)n1. The van der Waals surface area contributed by atoms with Gasteiger partial charge in [-0.05, 0) is 32.5 Å². The van der Waals surface area contributed by atoms with E-state index in [2.05, 4.69) is 32.5 Å². The van der Waals surface area contributed by atoms with Crippen LogP contribution in [0.3, 0.4) is 0 Å². The molecular formula is C21H23N5O2S. The number of aromatic nitrogens is 2. The summed E-state index contributed by atoms with van der Waals surface area (Å²) in [5.74, 6) is 1.43. The molecule has 0 spiro atoms. The number of urea groups is 1. The van der Waals surface area contributed by atoms with Crippen molar-refractivity contribution in [1.82, 2.24) is 14.9 Å². The number of nitrogens with one attached hydrogen (secondary N) is 2. The lowest BCUT2D eigenvalue weighted by molar-refractivity contribution is 0.193. The van der Waals surface area contributed by atoms with E-state index in [9.17, 15) is 4.79 Å². The number of hydrogen-bond acceptors (Lipinski definition) is 6. The first-order valence-electron chi connectivity index (χ1n) is 9.56. The number of likely N-dealkylation sites (tertiary alicyclic amines) is 1. The summed E-state index contributed by atoms with van der Waals surface area (Å²) in [5, 5.41) is 8.14. The van der Waals surface area contributed by atoms with Crippen molar-refractivity contribution in [3.8, 4) is 16.5 Å². The van der Waals surface area contributed by atoms with Crippen LogP contribution >= 0.6 is 11.3 Å². The van der Waals surface area contributed by atoms with Crippen molar-refractivity contribution in [2.75, 3.05) is 30.8 Å². The van der Waals surface area contributed by atoms with Gasteiger partial charge in [0.15, 0.2) is 0 Å². The van der Waals surface area contributed by atoms with E-state index in [0.29, 0.717) is 30.2 Å². The molecule has 29 heavy (non-hydrogen) atoms. The minimum absolute atomic E-state index is 0.393. The molecule has 3 heterocycles. The molecule has 150 valence electrons. The molecule has 0 bridgehead atoms. The van der Waals surface area contributed by atoms with E-state index in [1.165, 1.54) is 17.8 Å². The van der Waals surface area contributed by atoms with Crippen molar-refractivity contribution in [3.63, 3.8) is 0 Å². The Bertz CT molecular complexity index is 962. The summed E-state index contributed by atoms with van der Waals surface area (Å²) in [6.45, 7) is 1.70. The smallest absolute Gasteiger partial charge is 0.326 e. The Morgan fingerprint density at radius 3 is 2.76 bits per heavy atom. The van der Waals surface area contributed by atoms with E-state index in [-0.39, 0.29) is 0 Å². The third kappa shape index (κ3) is 5.10. The van der Waals surface area contributed by atoms with Crippen LogP contribution < -0.4 is 15.4 Å². The molecule has 1 atom stereocenters. The van der Waals surface area contributed by atoms with Crippen molar-refractivity contribution in [2.45, 2.75) is 18.9 Å². The summed E-state index contributed by atoms with van der Waals surface area (Å²) in [4.78, 5) is 23.4. The van der Waals surface area contributed by atoms with Gasteiger partial charge in [-0.15, -0.1) is 11.3 Å². The second-order valence-electron chi connectivity index (χ2n) is 6.93. The van der Waals surface area contributed by atoms with Gasteiger partial charge in [0.1, 0.15) is 23.3 Å². The van der Waals surface area contributed by atoms with Gasteiger partial charge >= 0.3 is 6.03 Å². The van der Waals surface area contributed by atoms with Gasteiger partial charge in [-0.25, -0.2) is 9.78 Å². The maximum atomic E-state index is 12.3. The molecule has 0 unspecified atom stereocenters. The normalized spacial score (nSPS) is 16.5. The fourth-order valence-electron chi connectivity index (χ4n) is 3.24. The Hall–Kier alpha value is -2.97. The molecule has 0 radical (unpaired) electrons. The first-order valence-corrected chi connectivity index (χ1v) is 10.4. The quantitative estimate of drug-likeness (QED) is 0.634. The first-order chi connectivity index (χ1) is 14.2. The number of carbonyl (C=O) groups excluding carboxylic acids is 1. The topological polar surface area (TPSA) is 79.4 Å². The number of amides is 2. The van der Waals surface area contributed by atoms with Crippen LogP contribution in [-0.4, -0.2) is 47.1 Å². The third-order valence-corrected chi connectivity index (χ3v) is 5.72. The molecule has 7 nitrogen and oxygen atoms in total. The molecule has 0 saturated carbocycles. The van der Waals surface area contributed by atoms with Gasteiger partial charge in [0.2, 0.25) is 5.88 Å². The van der Waals surface area contributed by atoms with Crippen LogP contribution in [0.5, 0.6) is 5.88 Å². The first kappa shape index (κ1) is 19.4. The lowest BCUT2D eigenvalue weighted by Gasteiger charge is -2.19. The van der Waals surface area contributed by atoms with E-state index >= 15 is 0 Å². The Kier molecular flexibility index (Phi) is 6.02. The summed E-state index contributed by atoms with van der Waals surface area (Å²) in [7, 11) is 2.11. The van der Waals surface area contributed by atoms with Crippen LogP contribution in [0.15, 0.2) is 53.9 Å². The Labute approximate surface area is 173 Å². The number of anilines is 2. The molecule has 2 amide bonds. The van der Waals surface area contributed by atoms with Crippen LogP contribution in [0.25, 0.3) is 10.6 Å². The van der Waals surface area contributed by atoms with Crippen molar-refractivity contribution >= 4 is 29.0 Å². The zero-order chi connectivity index (χ0) is 20.1. The standard InChI is InChI=1S/C21H23N5O2S/c1-26-12-6-9-16(26)13-28-19-11-5-10-17(22-19)24-21(27)25-18-14-29-20(23-18)15-7-3-2-4-8-15/h2-5,7-8,10-11,14,16H,6,9,12-13H2,1H3,(H2,22,24,25,27)/t16-/m0/s1. The highest BCUT2D eigenvalue weighted by atomic mass is 32.1. The predicted molar refractivity (Wildman–Crippen MR) is 116 cm³/mol. The summed E-state index contributed by atoms with van der Waals surface area (Å²) in [5.41, 5.74) is 1.02. The average Bonchev–Trinajstić information content (AvgIpc) is 3.36. The number of thiazole rings is 1. The van der Waals surface area contributed by atoms with Gasteiger partial charge in [-0.2, -0.15) is 4.98 Å². The number of carbonyl (C=O) groups is 1. The minimum atomic E-state index is -0.393. The minimum Gasteiger partial charge on any atom is -0.476 e. The number of pyridine rings is 1. The highest BCUT2D eigenvalue weighted by Crippen LogP contribution is 2.25. The van der Waals surface area contributed by atoms with Crippen LogP contribution in [0.4, 0.5) is 16.4 Å². The number of benzene rings is 1. The molecule has 0 aliphatic carbocycles. The van der Waals surface area contributed by atoms with E-state index in [4.69, 9.17) is 4.74 Å². The average molecular weight is 410 g/mol. The zero-order valence-corrected chi connectivity index (χ0v) is 17.0. The van der Waals surface area contributed by atoms with Gasteiger partial charge in [0.05, 0.1) is 0 Å². The molecule has 3 aromatic rings. The third-order valence-electron chi connectivity index (χ3n) is 4.83. The number of rotatable bonds is 6. The summed E-state index contributed by atoms with van der Waals surface area (Å²) in [6.07, 6.45) is 2.33. The maximum Gasteiger partial charge on any atom is 0.326 e. The number of hydrogen-bond donors (Lipinski definition) is 2. The molecule has 1 aliphatic heterocycles. The Morgan fingerprint density at radius 1 is 1.14 bits per heavy atom. The highest BCUT2D eigenvalue weighted by Gasteiger charge is 2.21. The van der Waals surface area contributed by atoms with E-state index in [1.54, 1.807) is 12.1 Å². The second kappa shape index (κ2) is 9.02. The number of nitrogens with zero attached hydrogens (tertiary/aromatic N) is 3. The molecule has 8 heteroatoms. The monoisotopic (exact) mass is 409 g/mol. The van der Waals surface area contributed by atoms with Gasteiger partial charge in [0, 0.05) is 23.1 Å². The zero-order valence-electron chi connectivity index (χ0n) is 16.2. The van der Waals surface area contributed by atoms with Gasteiger partial charge in [-0.3, -0.25) is 10.6 Å². The Balaban J connectivity index is 1.32. The molecule has 2 N–H and O–H groups in total. The van der Waals surface area contributed by atoms with Crippen molar-refractivity contribution in [1.29, 1.82) is 0 Å². The molecule has 1 saturated heterocycles. The molecule has 1 aliphatic rings. The Morgan fingerprint density at radius 2 is 1.97 bits per heavy atom. The van der Waals surface area contributed by atoms with Crippen molar-refractivity contribution in [2.24, 2.45) is 0 Å². The number of ether oxygens (including phenoxy) is 1. The lowest BCUT2D eigenvalue weighted by Crippen LogP contribution is -2.30. The molecular weight excluding hydrogens is 386 g/mol. The van der Waals surface area contributed by atoms with Crippen LogP contribution in [0.2, 0.25) is 0 Å². The fourth-order valence-corrected chi connectivity index (χ4v) is 4.00. The van der Waals surface area contributed by atoms with E-state index < -0.39 is 6.03 Å². The largest absolute Gasteiger partial charge is 0.476 e. The summed E-state index contributed by atoms with van der Waals surface area (Å²) >= 11 is 1.48.